The molecule has 158 valence electrons. The van der Waals surface area contributed by atoms with Gasteiger partial charge in [0.2, 0.25) is 0 Å². The Bertz CT molecular complexity index is 883. The minimum atomic E-state index is -4.55. The number of halogens is 3. The standard InChI is InChI=1S/C18H21F3N4O4/c1-27-11-3-4-13(15(9-11)28-2)23-17(26)22-6-7-25-14-5-8-29-10-12(14)16(24-25)18(19,20)21/h3-4,9H,5-8,10H2,1-2H3,(H2,22,23,26). The molecule has 1 aliphatic rings. The minimum absolute atomic E-state index is 0.0659. The molecule has 0 fully saturated rings. The van der Waals surface area contributed by atoms with E-state index in [9.17, 15) is 18.0 Å². The lowest BCUT2D eigenvalue weighted by Gasteiger charge is -2.16. The summed E-state index contributed by atoms with van der Waals surface area (Å²) in [5.74, 6) is 0.983. The second-order valence-electron chi connectivity index (χ2n) is 6.24. The summed E-state index contributed by atoms with van der Waals surface area (Å²) < 4.78 is 56.3. The van der Waals surface area contributed by atoms with Crippen LogP contribution in [0, 0.1) is 0 Å². The molecule has 0 saturated heterocycles. The van der Waals surface area contributed by atoms with E-state index in [2.05, 4.69) is 15.7 Å². The topological polar surface area (TPSA) is 86.6 Å². The number of anilines is 1. The third kappa shape index (κ3) is 4.73. The smallest absolute Gasteiger partial charge is 0.435 e. The van der Waals surface area contributed by atoms with Gasteiger partial charge in [-0.2, -0.15) is 18.3 Å². The van der Waals surface area contributed by atoms with Crippen LogP contribution in [0.1, 0.15) is 17.0 Å². The normalized spacial score (nSPS) is 13.6. The Morgan fingerprint density at radius 1 is 1.31 bits per heavy atom. The summed E-state index contributed by atoms with van der Waals surface area (Å²) >= 11 is 0. The van der Waals surface area contributed by atoms with Gasteiger partial charge in [0, 0.05) is 30.3 Å². The zero-order valence-electron chi connectivity index (χ0n) is 15.9. The quantitative estimate of drug-likeness (QED) is 0.759. The van der Waals surface area contributed by atoms with Crippen molar-refractivity contribution >= 4 is 11.7 Å². The summed E-state index contributed by atoms with van der Waals surface area (Å²) in [5.41, 5.74) is 0.0529. The van der Waals surface area contributed by atoms with Crippen LogP contribution in [0.2, 0.25) is 0 Å². The molecule has 2 amide bonds. The van der Waals surface area contributed by atoms with Crippen molar-refractivity contribution in [1.29, 1.82) is 0 Å². The highest BCUT2D eigenvalue weighted by Gasteiger charge is 2.39. The molecule has 2 heterocycles. The molecule has 29 heavy (non-hydrogen) atoms. The van der Waals surface area contributed by atoms with Gasteiger partial charge in [0.15, 0.2) is 5.69 Å². The number of alkyl halides is 3. The Morgan fingerprint density at radius 2 is 2.10 bits per heavy atom. The second kappa shape index (κ2) is 8.60. The van der Waals surface area contributed by atoms with Gasteiger partial charge >= 0.3 is 12.2 Å². The third-order valence-electron chi connectivity index (χ3n) is 4.43. The molecule has 0 atom stereocenters. The molecule has 8 nitrogen and oxygen atoms in total. The molecule has 0 saturated carbocycles. The van der Waals surface area contributed by atoms with E-state index in [4.69, 9.17) is 14.2 Å². The molecule has 0 bridgehead atoms. The number of nitrogens with zero attached hydrogens (tertiary/aromatic N) is 2. The lowest BCUT2D eigenvalue weighted by atomic mass is 10.1. The maximum atomic E-state index is 13.2. The lowest BCUT2D eigenvalue weighted by molar-refractivity contribution is -0.142. The van der Waals surface area contributed by atoms with Gasteiger partial charge in [0.25, 0.3) is 0 Å². The number of carbonyl (C=O) groups excluding carboxylic acids is 1. The largest absolute Gasteiger partial charge is 0.497 e. The van der Waals surface area contributed by atoms with Crippen LogP contribution < -0.4 is 20.1 Å². The molecule has 2 aromatic rings. The predicted octanol–water partition coefficient (Wildman–Crippen LogP) is 2.81. The number of fused-ring (bicyclic) bond motifs is 1. The number of methoxy groups -OCH3 is 2. The molecule has 0 unspecified atom stereocenters. The van der Waals surface area contributed by atoms with Crippen LogP contribution in [0.25, 0.3) is 0 Å². The van der Waals surface area contributed by atoms with E-state index in [0.717, 1.165) is 0 Å². The second-order valence-corrected chi connectivity index (χ2v) is 6.24. The highest BCUT2D eigenvalue weighted by Crippen LogP contribution is 2.34. The van der Waals surface area contributed by atoms with E-state index >= 15 is 0 Å². The van der Waals surface area contributed by atoms with Crippen molar-refractivity contribution in [3.63, 3.8) is 0 Å². The van der Waals surface area contributed by atoms with Crippen LogP contribution in [0.4, 0.5) is 23.7 Å². The Morgan fingerprint density at radius 3 is 2.79 bits per heavy atom. The Labute approximate surface area is 164 Å². The Balaban J connectivity index is 1.62. The summed E-state index contributed by atoms with van der Waals surface area (Å²) in [7, 11) is 2.97. The van der Waals surface area contributed by atoms with Crippen LogP contribution in [-0.2, 0) is 30.5 Å². The number of ether oxygens (including phenoxy) is 3. The van der Waals surface area contributed by atoms with Gasteiger partial charge in [-0.25, -0.2) is 4.79 Å². The number of benzene rings is 1. The fourth-order valence-electron chi connectivity index (χ4n) is 3.06. The van der Waals surface area contributed by atoms with E-state index in [1.165, 1.54) is 18.9 Å². The van der Waals surface area contributed by atoms with Crippen LogP contribution in [-0.4, -0.2) is 43.2 Å². The number of carbonyl (C=O) groups is 1. The molecule has 2 N–H and O–H groups in total. The molecule has 1 aromatic heterocycles. The number of nitrogens with one attached hydrogen (secondary N) is 2. The van der Waals surface area contributed by atoms with Crippen LogP contribution in [0.3, 0.4) is 0 Å². The monoisotopic (exact) mass is 414 g/mol. The lowest BCUT2D eigenvalue weighted by Crippen LogP contribution is -2.32. The Kier molecular flexibility index (Phi) is 6.16. The molecule has 1 aliphatic heterocycles. The van der Waals surface area contributed by atoms with Gasteiger partial charge in [-0.3, -0.25) is 4.68 Å². The first-order valence-corrected chi connectivity index (χ1v) is 8.84. The Hall–Kier alpha value is -2.95. The maximum absolute atomic E-state index is 13.2. The van der Waals surface area contributed by atoms with Crippen molar-refractivity contribution < 1.29 is 32.2 Å². The van der Waals surface area contributed by atoms with E-state index in [-0.39, 0.29) is 25.3 Å². The van der Waals surface area contributed by atoms with Crippen molar-refractivity contribution in [3.8, 4) is 11.5 Å². The molecule has 0 radical (unpaired) electrons. The zero-order chi connectivity index (χ0) is 21.0. The zero-order valence-corrected chi connectivity index (χ0v) is 15.9. The van der Waals surface area contributed by atoms with Gasteiger partial charge in [-0.15, -0.1) is 0 Å². The average Bonchev–Trinajstić information content (AvgIpc) is 3.07. The summed E-state index contributed by atoms with van der Waals surface area (Å²) in [4.78, 5) is 12.1. The molecular weight excluding hydrogens is 393 g/mol. The summed E-state index contributed by atoms with van der Waals surface area (Å²) in [6.07, 6.45) is -4.21. The van der Waals surface area contributed by atoms with E-state index < -0.39 is 17.9 Å². The molecule has 3 rings (SSSR count). The highest BCUT2D eigenvalue weighted by molar-refractivity contribution is 5.91. The molecule has 1 aromatic carbocycles. The number of aromatic nitrogens is 2. The first-order valence-electron chi connectivity index (χ1n) is 8.84. The third-order valence-corrected chi connectivity index (χ3v) is 4.43. The highest BCUT2D eigenvalue weighted by atomic mass is 19.4. The molecule has 0 aliphatic carbocycles. The van der Waals surface area contributed by atoms with Crippen molar-refractivity contribution in [2.75, 3.05) is 32.7 Å². The van der Waals surface area contributed by atoms with Gasteiger partial charge in [-0.1, -0.05) is 0 Å². The SMILES string of the molecule is COc1ccc(NC(=O)NCCn2nc(C(F)(F)F)c3c2CCOC3)c(OC)c1. The van der Waals surface area contributed by atoms with E-state index in [1.807, 2.05) is 0 Å². The summed E-state index contributed by atoms with van der Waals surface area (Å²) in [6.45, 7) is 0.415. The van der Waals surface area contributed by atoms with Crippen LogP contribution in [0.15, 0.2) is 18.2 Å². The maximum Gasteiger partial charge on any atom is 0.435 e. The fourth-order valence-corrected chi connectivity index (χ4v) is 3.06. The fraction of sp³-hybridized carbons (Fsp3) is 0.444. The van der Waals surface area contributed by atoms with Crippen molar-refractivity contribution in [2.24, 2.45) is 0 Å². The van der Waals surface area contributed by atoms with E-state index in [1.54, 1.807) is 18.2 Å². The number of rotatable bonds is 6. The molecular formula is C18H21F3N4O4. The van der Waals surface area contributed by atoms with Crippen LogP contribution >= 0.6 is 0 Å². The number of hydrogen-bond acceptors (Lipinski definition) is 5. The first kappa shape index (κ1) is 20.8. The number of amides is 2. The van der Waals surface area contributed by atoms with Crippen molar-refractivity contribution in [2.45, 2.75) is 25.7 Å². The van der Waals surface area contributed by atoms with Gasteiger partial charge in [-0.05, 0) is 12.1 Å². The van der Waals surface area contributed by atoms with Crippen LogP contribution in [0.5, 0.6) is 11.5 Å². The minimum Gasteiger partial charge on any atom is -0.497 e. The van der Waals surface area contributed by atoms with E-state index in [0.29, 0.717) is 35.9 Å². The molecule has 11 heteroatoms. The van der Waals surface area contributed by atoms with Gasteiger partial charge in [0.05, 0.1) is 39.7 Å². The van der Waals surface area contributed by atoms with Gasteiger partial charge < -0.3 is 24.8 Å². The summed E-state index contributed by atoms with van der Waals surface area (Å²) in [5, 5.41) is 8.93. The first-order chi connectivity index (χ1) is 13.8. The van der Waals surface area contributed by atoms with Crippen molar-refractivity contribution in [3.05, 3.63) is 35.2 Å². The number of hydrogen-bond donors (Lipinski definition) is 2. The summed E-state index contributed by atoms with van der Waals surface area (Å²) in [6, 6.07) is 4.38. The van der Waals surface area contributed by atoms with Gasteiger partial charge in [0.1, 0.15) is 11.5 Å². The molecule has 0 spiro atoms. The number of urea groups is 1. The average molecular weight is 414 g/mol. The predicted molar refractivity (Wildman–Crippen MR) is 97.2 cm³/mol. The van der Waals surface area contributed by atoms with Crippen molar-refractivity contribution in [1.82, 2.24) is 15.1 Å².